The van der Waals surface area contributed by atoms with Crippen molar-refractivity contribution in [3.63, 3.8) is 0 Å². The molecule has 1 heterocycles. The second kappa shape index (κ2) is 2.21. The Morgan fingerprint density at radius 3 is 2.44 bits per heavy atom. The van der Waals surface area contributed by atoms with Gasteiger partial charge in [0.05, 0.1) is 6.20 Å². The van der Waals surface area contributed by atoms with Gasteiger partial charge in [0.1, 0.15) is 0 Å². The van der Waals surface area contributed by atoms with Crippen LogP contribution in [0.1, 0.15) is 18.2 Å². The fraction of sp³-hybridized carbons (Fsp3) is 0.571. The van der Waals surface area contributed by atoms with Crippen molar-refractivity contribution in [2.75, 3.05) is 0 Å². The van der Waals surface area contributed by atoms with Gasteiger partial charge in [-0.15, -0.1) is 0 Å². The molecule has 0 aliphatic rings. The molecule has 0 fully saturated rings. The van der Waals surface area contributed by atoms with Crippen molar-refractivity contribution in [2.24, 2.45) is 0 Å². The first-order valence-corrected chi connectivity index (χ1v) is 3.24. The molecule has 0 saturated carbocycles. The quantitative estimate of drug-likeness (QED) is 0.555. The number of rotatable bonds is 1. The lowest BCUT2D eigenvalue weighted by molar-refractivity contribution is 0.639. The third-order valence-electron chi connectivity index (χ3n) is 1.65. The molecule has 2 heteroatoms. The highest BCUT2D eigenvalue weighted by Crippen LogP contribution is 2.03. The molecule has 0 aliphatic carbocycles. The second-order valence-electron chi connectivity index (χ2n) is 2.23. The number of nitrogens with zero attached hydrogens (tertiary/aromatic N) is 2. The smallest absolute Gasteiger partial charge is 0.0521 e. The highest BCUT2D eigenvalue weighted by molar-refractivity contribution is 5.12. The SMILES string of the molecule is CCn1ncc(C)c1C. The molecular formula is C7H12N2. The zero-order chi connectivity index (χ0) is 6.85. The molecule has 9 heavy (non-hydrogen) atoms. The molecular weight excluding hydrogens is 112 g/mol. The van der Waals surface area contributed by atoms with Gasteiger partial charge in [0, 0.05) is 12.2 Å². The average Bonchev–Trinajstić information content (AvgIpc) is 2.15. The van der Waals surface area contributed by atoms with E-state index in [2.05, 4.69) is 25.9 Å². The van der Waals surface area contributed by atoms with Gasteiger partial charge in [0.2, 0.25) is 0 Å². The normalized spacial score (nSPS) is 10.1. The van der Waals surface area contributed by atoms with Crippen LogP contribution in [0.4, 0.5) is 0 Å². The van der Waals surface area contributed by atoms with Crippen molar-refractivity contribution in [1.82, 2.24) is 9.78 Å². The lowest BCUT2D eigenvalue weighted by atomic mass is 10.3. The summed E-state index contributed by atoms with van der Waals surface area (Å²) in [6, 6.07) is 0. The number of aryl methyl sites for hydroxylation is 2. The summed E-state index contributed by atoms with van der Waals surface area (Å²) in [7, 11) is 0. The van der Waals surface area contributed by atoms with Crippen LogP contribution < -0.4 is 0 Å². The molecule has 1 aromatic heterocycles. The van der Waals surface area contributed by atoms with Crippen LogP contribution in [-0.2, 0) is 6.54 Å². The van der Waals surface area contributed by atoms with E-state index in [0.717, 1.165) is 6.54 Å². The van der Waals surface area contributed by atoms with Crippen molar-refractivity contribution in [2.45, 2.75) is 27.3 Å². The molecule has 0 unspecified atom stereocenters. The van der Waals surface area contributed by atoms with Crippen LogP contribution in [0.15, 0.2) is 6.20 Å². The Morgan fingerprint density at radius 1 is 1.56 bits per heavy atom. The summed E-state index contributed by atoms with van der Waals surface area (Å²) in [6.07, 6.45) is 1.90. The molecule has 0 aliphatic heterocycles. The molecule has 0 aromatic carbocycles. The number of hydrogen-bond donors (Lipinski definition) is 0. The predicted molar refractivity (Wildman–Crippen MR) is 37.4 cm³/mol. The van der Waals surface area contributed by atoms with Crippen LogP contribution >= 0.6 is 0 Å². The molecule has 0 atom stereocenters. The Balaban J connectivity index is 3.04. The van der Waals surface area contributed by atoms with E-state index < -0.39 is 0 Å². The van der Waals surface area contributed by atoms with Crippen LogP contribution in [0.3, 0.4) is 0 Å². The minimum atomic E-state index is 0.972. The summed E-state index contributed by atoms with van der Waals surface area (Å²) in [4.78, 5) is 0. The fourth-order valence-electron chi connectivity index (χ4n) is 0.859. The van der Waals surface area contributed by atoms with E-state index in [4.69, 9.17) is 0 Å². The zero-order valence-corrected chi connectivity index (χ0v) is 6.18. The zero-order valence-electron chi connectivity index (χ0n) is 6.18. The summed E-state index contributed by atoms with van der Waals surface area (Å²) >= 11 is 0. The standard InChI is InChI=1S/C7H12N2/c1-4-9-7(3)6(2)5-8-9/h5H,4H2,1-3H3. The van der Waals surface area contributed by atoms with Gasteiger partial charge in [-0.1, -0.05) is 0 Å². The largest absolute Gasteiger partial charge is 0.270 e. The monoisotopic (exact) mass is 124 g/mol. The van der Waals surface area contributed by atoms with E-state index in [9.17, 15) is 0 Å². The molecule has 2 nitrogen and oxygen atoms in total. The molecule has 1 aromatic rings. The Kier molecular flexibility index (Phi) is 1.56. The van der Waals surface area contributed by atoms with Crippen molar-refractivity contribution in [3.05, 3.63) is 17.5 Å². The van der Waals surface area contributed by atoms with E-state index in [-0.39, 0.29) is 0 Å². The van der Waals surface area contributed by atoms with Gasteiger partial charge in [0.25, 0.3) is 0 Å². The second-order valence-corrected chi connectivity index (χ2v) is 2.23. The molecule has 50 valence electrons. The molecule has 0 radical (unpaired) electrons. The van der Waals surface area contributed by atoms with Crippen LogP contribution in [0, 0.1) is 13.8 Å². The first kappa shape index (κ1) is 6.33. The summed E-state index contributed by atoms with van der Waals surface area (Å²) in [6.45, 7) is 7.24. The first-order chi connectivity index (χ1) is 4.25. The van der Waals surface area contributed by atoms with Crippen molar-refractivity contribution < 1.29 is 0 Å². The van der Waals surface area contributed by atoms with Gasteiger partial charge in [-0.3, -0.25) is 4.68 Å². The third-order valence-corrected chi connectivity index (χ3v) is 1.65. The van der Waals surface area contributed by atoms with E-state index >= 15 is 0 Å². The van der Waals surface area contributed by atoms with E-state index in [0.29, 0.717) is 0 Å². The molecule has 0 N–H and O–H groups in total. The highest BCUT2D eigenvalue weighted by Gasteiger charge is 1.96. The van der Waals surface area contributed by atoms with Crippen LogP contribution in [0.25, 0.3) is 0 Å². The number of aromatic nitrogens is 2. The van der Waals surface area contributed by atoms with Crippen LogP contribution in [0.2, 0.25) is 0 Å². The fourth-order valence-corrected chi connectivity index (χ4v) is 0.859. The molecule has 0 bridgehead atoms. The Bertz CT molecular complexity index is 201. The van der Waals surface area contributed by atoms with Gasteiger partial charge in [-0.05, 0) is 26.3 Å². The summed E-state index contributed by atoms with van der Waals surface area (Å²) in [5.41, 5.74) is 2.55. The van der Waals surface area contributed by atoms with Gasteiger partial charge in [0.15, 0.2) is 0 Å². The van der Waals surface area contributed by atoms with Crippen LogP contribution in [-0.4, -0.2) is 9.78 Å². The predicted octanol–water partition coefficient (Wildman–Crippen LogP) is 1.52. The molecule has 1 rings (SSSR count). The lowest BCUT2D eigenvalue weighted by Gasteiger charge is -1.97. The Morgan fingerprint density at radius 2 is 2.22 bits per heavy atom. The number of hydrogen-bond acceptors (Lipinski definition) is 1. The minimum Gasteiger partial charge on any atom is -0.270 e. The molecule has 0 saturated heterocycles. The Labute approximate surface area is 55.5 Å². The van der Waals surface area contributed by atoms with Gasteiger partial charge in [-0.25, -0.2) is 0 Å². The topological polar surface area (TPSA) is 17.8 Å². The van der Waals surface area contributed by atoms with Gasteiger partial charge < -0.3 is 0 Å². The van der Waals surface area contributed by atoms with E-state index in [1.807, 2.05) is 10.9 Å². The summed E-state index contributed by atoms with van der Waals surface area (Å²) in [5, 5.41) is 4.15. The maximum Gasteiger partial charge on any atom is 0.0521 e. The summed E-state index contributed by atoms with van der Waals surface area (Å²) in [5.74, 6) is 0. The first-order valence-electron chi connectivity index (χ1n) is 3.24. The maximum absolute atomic E-state index is 4.15. The van der Waals surface area contributed by atoms with Crippen molar-refractivity contribution >= 4 is 0 Å². The van der Waals surface area contributed by atoms with Crippen LogP contribution in [0.5, 0.6) is 0 Å². The van der Waals surface area contributed by atoms with E-state index in [1.165, 1.54) is 11.3 Å². The van der Waals surface area contributed by atoms with E-state index in [1.54, 1.807) is 0 Å². The molecule has 0 amide bonds. The van der Waals surface area contributed by atoms with Gasteiger partial charge in [-0.2, -0.15) is 5.10 Å². The lowest BCUT2D eigenvalue weighted by Crippen LogP contribution is -1.98. The maximum atomic E-state index is 4.15. The van der Waals surface area contributed by atoms with Crippen molar-refractivity contribution in [1.29, 1.82) is 0 Å². The summed E-state index contributed by atoms with van der Waals surface area (Å²) < 4.78 is 2.00. The minimum absolute atomic E-state index is 0.972. The third kappa shape index (κ3) is 0.969. The molecule has 0 spiro atoms. The van der Waals surface area contributed by atoms with Crippen molar-refractivity contribution in [3.8, 4) is 0 Å². The average molecular weight is 124 g/mol. The Hall–Kier alpha value is -0.790. The highest BCUT2D eigenvalue weighted by atomic mass is 15.3. The van der Waals surface area contributed by atoms with Gasteiger partial charge >= 0.3 is 0 Å².